The van der Waals surface area contributed by atoms with E-state index in [9.17, 15) is 30.6 Å². The number of nitriles is 4. The second-order valence-corrected chi connectivity index (χ2v) is 36.0. The number of nitrogens with zero attached hydrogens (tertiary/aromatic N) is 4. The molecule has 16 rings (SSSR count). The van der Waals surface area contributed by atoms with Gasteiger partial charge in [-0.05, 0) is 131 Å². The van der Waals surface area contributed by atoms with Crippen LogP contribution in [-0.2, 0) is 36.5 Å². The Hall–Kier alpha value is -8.48. The average Bonchev–Trinajstić information content (AvgIpc) is 1.48. The van der Waals surface area contributed by atoms with Crippen LogP contribution in [0.5, 0.6) is 0 Å². The molecule has 4 aliphatic carbocycles. The molecule has 0 amide bonds. The maximum absolute atomic E-state index is 14.5. The van der Waals surface area contributed by atoms with Gasteiger partial charge in [0.2, 0.25) is 0 Å². The minimum absolute atomic E-state index is 0.0565. The maximum Gasteiger partial charge on any atom is 0.195 e. The Balaban J connectivity index is 0.968. The third kappa shape index (κ3) is 11.5. The maximum atomic E-state index is 14.5. The molecule has 8 heterocycles. The zero-order valence-electron chi connectivity index (χ0n) is 58.9. The van der Waals surface area contributed by atoms with Crippen molar-refractivity contribution in [3.8, 4) is 43.8 Å². The smallest absolute Gasteiger partial charge is 0.195 e. The molecular weight excluding hydrogens is 1430 g/mol. The molecule has 0 unspecified atom stereocenters. The summed E-state index contributed by atoms with van der Waals surface area (Å²) >= 11 is 13.9. The van der Waals surface area contributed by atoms with Gasteiger partial charge in [-0.15, -0.1) is 68.0 Å². The summed E-state index contributed by atoms with van der Waals surface area (Å²) in [6.45, 7) is 9.10. The van der Waals surface area contributed by atoms with Crippen LogP contribution in [-0.4, -0.2) is 11.6 Å². The fourth-order valence-corrected chi connectivity index (χ4v) is 27.3. The van der Waals surface area contributed by atoms with Gasteiger partial charge in [0, 0.05) is 96.7 Å². The first-order chi connectivity index (χ1) is 51.1. The monoisotopic (exact) mass is 1500 g/mol. The highest BCUT2D eigenvalue weighted by Crippen LogP contribution is 2.72. The van der Waals surface area contributed by atoms with Gasteiger partial charge >= 0.3 is 0 Å². The van der Waals surface area contributed by atoms with Gasteiger partial charge in [0.25, 0.3) is 0 Å². The number of ketones is 2. The minimum Gasteiger partial charge on any atom is -0.289 e. The van der Waals surface area contributed by atoms with Crippen molar-refractivity contribution in [2.24, 2.45) is 0 Å². The summed E-state index contributed by atoms with van der Waals surface area (Å²) in [4.78, 5) is 35.9. The first-order valence-electron chi connectivity index (χ1n) is 36.9. The quantitative estimate of drug-likeness (QED) is 0.0302. The summed E-state index contributed by atoms with van der Waals surface area (Å²) in [6, 6.07) is 51.8. The molecule has 4 aliphatic rings. The standard InChI is InChI=1S/C90H76N4O2S8/c1-5-9-13-17-21-53-25-33-59(34-26-53)89(60-35-27-54(28-36-60)22-18-14-10-6-2)75-81-71(43-63(99-81)41-65-73(57(45-91)46-92)67-49-97-51-69(67)79(65)95)101-83(75)85-77(89)87-88(103-85)78-86(104-87)84-76(82-72(102-84)44-64(100-82)42-66-74(58(47-93)48-94)68-50-98-52-70(68)80(66)96)90(78,61-37-29-55(30-38-61)23-19-15-11-7-3)62-39-31-56(32-40-62)24-20-16-12-8-4/h25-44,49-52H,5-24H2,1-4H3. The van der Waals surface area contributed by atoms with Crippen molar-refractivity contribution >= 4 is 154 Å². The lowest BCUT2D eigenvalue weighted by Crippen LogP contribution is -2.29. The van der Waals surface area contributed by atoms with E-state index in [1.54, 1.807) is 22.7 Å². The first kappa shape index (κ1) is 69.9. The number of allylic oxidation sites excluding steroid dienone is 6. The van der Waals surface area contributed by atoms with Crippen LogP contribution in [0, 0.1) is 45.3 Å². The largest absolute Gasteiger partial charge is 0.289 e. The molecule has 516 valence electrons. The lowest BCUT2D eigenvalue weighted by atomic mass is 9.67. The summed E-state index contributed by atoms with van der Waals surface area (Å²) in [6.07, 6.45) is 26.9. The summed E-state index contributed by atoms with van der Waals surface area (Å²) in [5.74, 6) is -0.323. The molecule has 0 radical (unpaired) electrons. The minimum atomic E-state index is -0.795. The van der Waals surface area contributed by atoms with Gasteiger partial charge in [-0.2, -0.15) is 43.7 Å². The fourth-order valence-electron chi connectivity index (χ4n) is 16.9. The van der Waals surface area contributed by atoms with Crippen LogP contribution in [0.25, 0.3) is 71.0 Å². The van der Waals surface area contributed by atoms with Gasteiger partial charge in [-0.25, -0.2) is 0 Å². The van der Waals surface area contributed by atoms with Crippen molar-refractivity contribution in [2.75, 3.05) is 0 Å². The van der Waals surface area contributed by atoms with E-state index in [1.165, 1.54) is 205 Å². The number of fused-ring (bicyclic) bond motifs is 15. The van der Waals surface area contributed by atoms with Crippen LogP contribution < -0.4 is 0 Å². The Bertz CT molecular complexity index is 5210. The molecule has 0 aliphatic heterocycles. The number of carbonyl (C=O) groups excluding carboxylic acids is 2. The van der Waals surface area contributed by atoms with Crippen LogP contribution >= 0.6 is 90.7 Å². The lowest BCUT2D eigenvalue weighted by Gasteiger charge is -2.34. The fraction of sp³-hybridized carbons (Fsp3) is 0.289. The number of rotatable bonds is 26. The van der Waals surface area contributed by atoms with Crippen LogP contribution in [0.2, 0.25) is 0 Å². The Morgan fingerprint density at radius 2 is 0.644 bits per heavy atom. The van der Waals surface area contributed by atoms with Crippen LogP contribution in [0.4, 0.5) is 0 Å². The van der Waals surface area contributed by atoms with Gasteiger partial charge in [0.15, 0.2) is 11.6 Å². The van der Waals surface area contributed by atoms with Crippen LogP contribution in [0.15, 0.2) is 153 Å². The first-order valence-corrected chi connectivity index (χ1v) is 43.7. The van der Waals surface area contributed by atoms with Gasteiger partial charge in [-0.1, -0.05) is 202 Å². The van der Waals surface area contributed by atoms with E-state index in [-0.39, 0.29) is 22.7 Å². The molecule has 0 saturated carbocycles. The molecule has 0 atom stereocenters. The molecular formula is C90H76N4O2S8. The van der Waals surface area contributed by atoms with Crippen LogP contribution in [0.1, 0.15) is 239 Å². The zero-order valence-corrected chi connectivity index (χ0v) is 65.4. The Kier molecular flexibility index (Phi) is 19.8. The van der Waals surface area contributed by atoms with Crippen LogP contribution in [0.3, 0.4) is 0 Å². The molecule has 0 bridgehead atoms. The van der Waals surface area contributed by atoms with Crippen molar-refractivity contribution in [1.29, 1.82) is 21.0 Å². The Morgan fingerprint density at radius 3 is 0.942 bits per heavy atom. The highest BCUT2D eigenvalue weighted by molar-refractivity contribution is 7.37. The number of carbonyl (C=O) groups is 2. The van der Waals surface area contributed by atoms with Gasteiger partial charge in [-0.3, -0.25) is 9.59 Å². The van der Waals surface area contributed by atoms with Crippen molar-refractivity contribution in [2.45, 2.75) is 167 Å². The molecule has 0 N–H and O–H groups in total. The summed E-state index contributed by atoms with van der Waals surface area (Å²) in [7, 11) is 0. The van der Waals surface area contributed by atoms with E-state index in [0.717, 1.165) is 70.5 Å². The molecule has 104 heavy (non-hydrogen) atoms. The number of aryl methyl sites for hydroxylation is 4. The summed E-state index contributed by atoms with van der Waals surface area (Å²) < 4.78 is 7.21. The number of hydrogen-bond acceptors (Lipinski definition) is 14. The molecule has 0 saturated heterocycles. The summed E-state index contributed by atoms with van der Waals surface area (Å²) in [5, 5.41) is 48.9. The van der Waals surface area contributed by atoms with Gasteiger partial charge in [0.05, 0.1) is 49.1 Å². The normalized spacial score (nSPS) is 15.1. The Morgan fingerprint density at radius 1 is 0.356 bits per heavy atom. The predicted octanol–water partition coefficient (Wildman–Crippen LogP) is 27.0. The number of Topliss-reactive ketones (excluding diaryl/α,β-unsaturated/α-hetero) is 2. The number of benzene rings is 4. The van der Waals surface area contributed by atoms with Crippen molar-refractivity contribution in [3.63, 3.8) is 0 Å². The van der Waals surface area contributed by atoms with E-state index < -0.39 is 10.8 Å². The van der Waals surface area contributed by atoms with E-state index in [1.807, 2.05) is 79.0 Å². The van der Waals surface area contributed by atoms with Gasteiger partial charge in [0.1, 0.15) is 35.4 Å². The van der Waals surface area contributed by atoms with E-state index in [4.69, 9.17) is 0 Å². The molecule has 12 aromatic rings. The Labute approximate surface area is 641 Å². The summed E-state index contributed by atoms with van der Waals surface area (Å²) in [5.41, 5.74) is 17.7. The van der Waals surface area contributed by atoms with Gasteiger partial charge < -0.3 is 0 Å². The van der Waals surface area contributed by atoms with Crippen molar-refractivity contribution < 1.29 is 9.59 Å². The second-order valence-electron chi connectivity index (χ2n) is 28.2. The molecule has 0 fully saturated rings. The van der Waals surface area contributed by atoms with Crippen molar-refractivity contribution in [1.82, 2.24) is 0 Å². The third-order valence-electron chi connectivity index (χ3n) is 21.9. The van der Waals surface area contributed by atoms with E-state index in [0.29, 0.717) is 44.5 Å². The second kappa shape index (κ2) is 29.5. The highest BCUT2D eigenvalue weighted by atomic mass is 32.1. The van der Waals surface area contributed by atoms with E-state index >= 15 is 0 Å². The highest BCUT2D eigenvalue weighted by Gasteiger charge is 2.56. The zero-order chi connectivity index (χ0) is 71.4. The number of hydrogen-bond donors (Lipinski definition) is 0. The number of thiophene rings is 8. The predicted molar refractivity (Wildman–Crippen MR) is 442 cm³/mol. The SMILES string of the molecule is CCCCCCc1ccc(C2(c3ccc(CCCCCC)cc3)c3c(sc4cc(C=C5C(=O)c6cscc6C5=C(C#N)C#N)sc34)-c3sc4c5c(sc4c32)-c2sc3cc(C=C4C(=O)c6cscc6C4=C(C#N)C#N)sc3c2C5(c2ccc(CCCCCC)cc2)c2ccc(CCCCCC)cc2)cc1. The molecule has 4 aromatic carbocycles. The van der Waals surface area contributed by atoms with Crippen molar-refractivity contribution in [3.05, 3.63) is 252 Å². The molecule has 6 nitrogen and oxygen atoms in total. The molecule has 14 heteroatoms. The molecule has 0 spiro atoms. The van der Waals surface area contributed by atoms with E-state index in [2.05, 4.69) is 161 Å². The molecule has 8 aromatic heterocycles. The number of unbranched alkanes of at least 4 members (excludes halogenated alkanes) is 12. The average molecular weight is 1500 g/mol. The lowest BCUT2D eigenvalue weighted by molar-refractivity contribution is 0.103. The third-order valence-corrected chi connectivity index (χ3v) is 31.0. The topological polar surface area (TPSA) is 129 Å².